The van der Waals surface area contributed by atoms with Gasteiger partial charge in [0.05, 0.1) is 6.54 Å². The second-order valence-corrected chi connectivity index (χ2v) is 3.63. The van der Waals surface area contributed by atoms with E-state index in [0.717, 1.165) is 0 Å². The molecular weight excluding hydrogens is 225 g/mol. The molecule has 16 heavy (non-hydrogen) atoms. The van der Waals surface area contributed by atoms with E-state index in [-0.39, 0.29) is 44.3 Å². The Bertz CT molecular complexity index is 278. The number of alkyl halides is 3. The van der Waals surface area contributed by atoms with Gasteiger partial charge in [0.1, 0.15) is 0 Å². The van der Waals surface area contributed by atoms with Crippen molar-refractivity contribution in [2.75, 3.05) is 19.6 Å². The Balaban J connectivity index is 2.35. The van der Waals surface area contributed by atoms with E-state index in [1.54, 1.807) is 0 Å². The summed E-state index contributed by atoms with van der Waals surface area (Å²) in [6.45, 7) is 0.126. The van der Waals surface area contributed by atoms with Crippen molar-refractivity contribution in [3.63, 3.8) is 0 Å². The van der Waals surface area contributed by atoms with E-state index in [1.165, 1.54) is 4.90 Å². The third-order valence-corrected chi connectivity index (χ3v) is 2.29. The van der Waals surface area contributed by atoms with E-state index in [4.69, 9.17) is 0 Å². The van der Waals surface area contributed by atoms with Crippen molar-refractivity contribution in [1.82, 2.24) is 10.2 Å². The summed E-state index contributed by atoms with van der Waals surface area (Å²) in [6.07, 6.45) is -5.07. The lowest BCUT2D eigenvalue weighted by Crippen LogP contribution is -2.36. The quantitative estimate of drug-likeness (QED) is 0.786. The third kappa shape index (κ3) is 4.50. The molecule has 0 aromatic heterocycles. The number of nitrogens with one attached hydrogen (secondary N) is 1. The van der Waals surface area contributed by atoms with E-state index >= 15 is 0 Å². The highest BCUT2D eigenvalue weighted by Crippen LogP contribution is 2.21. The standard InChI is InChI=1S/C9H13F3N2O2/c10-9(11,12)3-1-4-14-5-2-7(15)13-6-8(14)16/h1-6H2,(H,13,15). The molecule has 2 amide bonds. The minimum absolute atomic E-state index is 0.0489. The van der Waals surface area contributed by atoms with Crippen molar-refractivity contribution in [2.45, 2.75) is 25.4 Å². The van der Waals surface area contributed by atoms with Gasteiger partial charge < -0.3 is 10.2 Å². The van der Waals surface area contributed by atoms with Crippen LogP contribution >= 0.6 is 0 Å². The Morgan fingerprint density at radius 2 is 2.00 bits per heavy atom. The van der Waals surface area contributed by atoms with Crippen LogP contribution in [-0.4, -0.2) is 42.5 Å². The maximum atomic E-state index is 11.9. The molecule has 1 aliphatic rings. The highest BCUT2D eigenvalue weighted by molar-refractivity contribution is 5.87. The fourth-order valence-electron chi connectivity index (χ4n) is 1.44. The molecule has 1 fully saturated rings. The predicted molar refractivity (Wildman–Crippen MR) is 49.5 cm³/mol. The summed E-state index contributed by atoms with van der Waals surface area (Å²) in [5, 5.41) is 2.38. The zero-order valence-corrected chi connectivity index (χ0v) is 8.64. The first-order valence-electron chi connectivity index (χ1n) is 5.00. The molecule has 0 aromatic carbocycles. The largest absolute Gasteiger partial charge is 0.389 e. The first-order chi connectivity index (χ1) is 7.38. The zero-order valence-electron chi connectivity index (χ0n) is 8.64. The molecule has 1 N–H and O–H groups in total. The van der Waals surface area contributed by atoms with Crippen molar-refractivity contribution in [3.8, 4) is 0 Å². The molecule has 0 bridgehead atoms. The lowest BCUT2D eigenvalue weighted by Gasteiger charge is -2.19. The molecule has 1 aliphatic heterocycles. The summed E-state index contributed by atoms with van der Waals surface area (Å²) in [7, 11) is 0. The average Bonchev–Trinajstić information content (AvgIpc) is 2.30. The smallest absolute Gasteiger partial charge is 0.347 e. The number of halogens is 3. The highest BCUT2D eigenvalue weighted by atomic mass is 19.4. The molecule has 1 heterocycles. The van der Waals surface area contributed by atoms with Gasteiger partial charge in [-0.15, -0.1) is 0 Å². The number of hydrogen-bond acceptors (Lipinski definition) is 2. The van der Waals surface area contributed by atoms with Gasteiger partial charge in [-0.3, -0.25) is 9.59 Å². The van der Waals surface area contributed by atoms with Crippen LogP contribution in [0.1, 0.15) is 19.3 Å². The van der Waals surface area contributed by atoms with Crippen LogP contribution in [0.3, 0.4) is 0 Å². The molecule has 0 atom stereocenters. The van der Waals surface area contributed by atoms with Crippen LogP contribution in [0.15, 0.2) is 0 Å². The number of amides is 2. The van der Waals surface area contributed by atoms with Gasteiger partial charge in [0.15, 0.2) is 0 Å². The van der Waals surface area contributed by atoms with E-state index in [1.807, 2.05) is 0 Å². The highest BCUT2D eigenvalue weighted by Gasteiger charge is 2.27. The molecule has 7 heteroatoms. The summed E-state index contributed by atoms with van der Waals surface area (Å²) in [4.78, 5) is 23.6. The van der Waals surface area contributed by atoms with Crippen LogP contribution in [0.4, 0.5) is 13.2 Å². The molecule has 0 aliphatic carbocycles. The van der Waals surface area contributed by atoms with Gasteiger partial charge in [-0.05, 0) is 6.42 Å². The summed E-state index contributed by atoms with van der Waals surface area (Å²) in [5.74, 6) is -0.570. The van der Waals surface area contributed by atoms with Gasteiger partial charge in [-0.1, -0.05) is 0 Å². The van der Waals surface area contributed by atoms with Gasteiger partial charge in [0.25, 0.3) is 0 Å². The topological polar surface area (TPSA) is 49.4 Å². The summed E-state index contributed by atoms with van der Waals surface area (Å²) < 4.78 is 35.6. The molecule has 1 saturated heterocycles. The number of rotatable bonds is 3. The van der Waals surface area contributed by atoms with Crippen LogP contribution in [0.25, 0.3) is 0 Å². The first-order valence-corrected chi connectivity index (χ1v) is 5.00. The molecule has 0 spiro atoms. The second-order valence-electron chi connectivity index (χ2n) is 3.63. The molecular formula is C9H13F3N2O2. The number of carbonyl (C=O) groups excluding carboxylic acids is 2. The Morgan fingerprint density at radius 1 is 1.31 bits per heavy atom. The van der Waals surface area contributed by atoms with Crippen molar-refractivity contribution in [3.05, 3.63) is 0 Å². The fourth-order valence-corrected chi connectivity index (χ4v) is 1.44. The van der Waals surface area contributed by atoms with E-state index in [0.29, 0.717) is 0 Å². The van der Waals surface area contributed by atoms with Crippen LogP contribution in [0.2, 0.25) is 0 Å². The van der Waals surface area contributed by atoms with E-state index in [9.17, 15) is 22.8 Å². The lowest BCUT2D eigenvalue weighted by atomic mass is 10.2. The summed E-state index contributed by atoms with van der Waals surface area (Å²) in [5.41, 5.74) is 0. The van der Waals surface area contributed by atoms with Crippen molar-refractivity contribution in [2.24, 2.45) is 0 Å². The van der Waals surface area contributed by atoms with Crippen LogP contribution < -0.4 is 5.32 Å². The van der Waals surface area contributed by atoms with Gasteiger partial charge in [0.2, 0.25) is 11.8 Å². The Labute approximate surface area is 90.8 Å². The van der Waals surface area contributed by atoms with Crippen molar-refractivity contribution in [1.29, 1.82) is 0 Å². The minimum atomic E-state index is -4.19. The van der Waals surface area contributed by atoms with Crippen LogP contribution in [0.5, 0.6) is 0 Å². The molecule has 1 rings (SSSR count). The predicted octanol–water partition coefficient (Wildman–Crippen LogP) is 0.677. The van der Waals surface area contributed by atoms with E-state index < -0.39 is 12.6 Å². The lowest BCUT2D eigenvalue weighted by molar-refractivity contribution is -0.139. The molecule has 0 saturated carbocycles. The molecule has 0 aromatic rings. The number of nitrogens with zero attached hydrogens (tertiary/aromatic N) is 1. The van der Waals surface area contributed by atoms with Gasteiger partial charge in [-0.25, -0.2) is 0 Å². The van der Waals surface area contributed by atoms with Gasteiger partial charge in [0, 0.05) is 25.9 Å². The zero-order chi connectivity index (χ0) is 12.2. The maximum absolute atomic E-state index is 11.9. The minimum Gasteiger partial charge on any atom is -0.347 e. The SMILES string of the molecule is O=C1CCN(CCCC(F)(F)F)C(=O)CN1. The van der Waals surface area contributed by atoms with Crippen LogP contribution in [-0.2, 0) is 9.59 Å². The van der Waals surface area contributed by atoms with Gasteiger partial charge in [-0.2, -0.15) is 13.2 Å². The van der Waals surface area contributed by atoms with Crippen LogP contribution in [0, 0.1) is 0 Å². The monoisotopic (exact) mass is 238 g/mol. The maximum Gasteiger partial charge on any atom is 0.389 e. The molecule has 92 valence electrons. The van der Waals surface area contributed by atoms with E-state index in [2.05, 4.69) is 5.32 Å². The Hall–Kier alpha value is -1.27. The van der Waals surface area contributed by atoms with Gasteiger partial charge >= 0.3 is 6.18 Å². The number of carbonyl (C=O) groups is 2. The average molecular weight is 238 g/mol. The van der Waals surface area contributed by atoms with Crippen molar-refractivity contribution < 1.29 is 22.8 Å². The normalized spacial score (nSPS) is 18.3. The summed E-state index contributed by atoms with van der Waals surface area (Å²) in [6, 6.07) is 0. The Kier molecular flexibility index (Phi) is 4.14. The fraction of sp³-hybridized carbons (Fsp3) is 0.778. The molecule has 0 radical (unpaired) electrons. The number of hydrogen-bond donors (Lipinski definition) is 1. The van der Waals surface area contributed by atoms with Crippen molar-refractivity contribution >= 4 is 11.8 Å². The molecule has 4 nitrogen and oxygen atoms in total. The first kappa shape index (κ1) is 12.8. The third-order valence-electron chi connectivity index (χ3n) is 2.29. The molecule has 0 unspecified atom stereocenters. The Morgan fingerprint density at radius 3 is 2.62 bits per heavy atom. The summed E-state index contributed by atoms with van der Waals surface area (Å²) >= 11 is 0. The second kappa shape index (κ2) is 5.18.